The third-order valence-corrected chi connectivity index (χ3v) is 3.05. The zero-order chi connectivity index (χ0) is 16.8. The largest absolute Gasteiger partial charge is 0.341 e. The summed E-state index contributed by atoms with van der Waals surface area (Å²) in [5, 5.41) is 2.33. The van der Waals surface area contributed by atoms with Crippen molar-refractivity contribution in [2.24, 2.45) is 0 Å². The zero-order valence-corrected chi connectivity index (χ0v) is 12.3. The van der Waals surface area contributed by atoms with Crippen LogP contribution < -0.4 is 5.32 Å². The number of amides is 1. The summed E-state index contributed by atoms with van der Waals surface area (Å²) in [5.74, 6) is 2.72. The summed E-state index contributed by atoms with van der Waals surface area (Å²) in [7, 11) is 0. The molecular weight excluding hydrogens is 300 g/mol. The second-order valence-electron chi connectivity index (χ2n) is 4.71. The molecule has 2 aromatic rings. The molecule has 0 atom stereocenters. The summed E-state index contributed by atoms with van der Waals surface area (Å²) in [6, 6.07) is 9.88. The Kier molecular flexibility index (Phi) is 5.21. The topological polar surface area (TPSA) is 46.2 Å². The molecule has 0 saturated carbocycles. The quantitative estimate of drug-likeness (QED) is 0.699. The first-order valence-corrected chi connectivity index (χ1v) is 6.81. The van der Waals surface area contributed by atoms with Gasteiger partial charge in [0, 0.05) is 11.1 Å². The van der Waals surface area contributed by atoms with Crippen molar-refractivity contribution in [2.45, 2.75) is 6.92 Å². The van der Waals surface area contributed by atoms with Gasteiger partial charge in [0.2, 0.25) is 0 Å². The molecule has 5 heteroatoms. The van der Waals surface area contributed by atoms with Gasteiger partial charge in [0.25, 0.3) is 5.91 Å². The van der Waals surface area contributed by atoms with E-state index in [0.29, 0.717) is 11.1 Å². The molecule has 0 aromatic heterocycles. The van der Waals surface area contributed by atoms with Gasteiger partial charge in [-0.2, -0.15) is 0 Å². The zero-order valence-electron chi connectivity index (χ0n) is 12.3. The van der Waals surface area contributed by atoms with Crippen molar-refractivity contribution in [3.8, 4) is 11.8 Å². The van der Waals surface area contributed by atoms with E-state index in [-0.39, 0.29) is 12.3 Å². The number of carbonyl (C=O) groups excluding carboxylic acids is 2. The van der Waals surface area contributed by atoms with Crippen molar-refractivity contribution in [3.05, 3.63) is 70.8 Å². The van der Waals surface area contributed by atoms with Crippen LogP contribution in [0.1, 0.15) is 33.2 Å². The van der Waals surface area contributed by atoms with E-state index in [1.165, 1.54) is 13.0 Å². The minimum atomic E-state index is -0.921. The highest BCUT2D eigenvalue weighted by molar-refractivity contribution is 5.95. The first-order chi connectivity index (χ1) is 11.0. The molecule has 1 amide bonds. The highest BCUT2D eigenvalue weighted by Crippen LogP contribution is 2.11. The minimum Gasteiger partial charge on any atom is -0.341 e. The maximum Gasteiger partial charge on any atom is 0.258 e. The van der Waals surface area contributed by atoms with E-state index in [0.717, 1.165) is 12.1 Å². The van der Waals surface area contributed by atoms with Crippen molar-refractivity contribution >= 4 is 11.7 Å². The van der Waals surface area contributed by atoms with E-state index >= 15 is 0 Å². The summed E-state index contributed by atoms with van der Waals surface area (Å²) in [6.07, 6.45) is 0. The predicted octanol–water partition coefficient (Wildman–Crippen LogP) is 2.95. The van der Waals surface area contributed by atoms with Crippen LogP contribution in [-0.2, 0) is 0 Å². The lowest BCUT2D eigenvalue weighted by Gasteiger charge is -2.03. The number of ketones is 1. The Balaban J connectivity index is 1.98. The molecule has 0 unspecified atom stereocenters. The summed E-state index contributed by atoms with van der Waals surface area (Å²) >= 11 is 0. The van der Waals surface area contributed by atoms with E-state index in [2.05, 4.69) is 17.2 Å². The van der Waals surface area contributed by atoms with Gasteiger partial charge in [0.15, 0.2) is 5.78 Å². The van der Waals surface area contributed by atoms with Crippen LogP contribution >= 0.6 is 0 Å². The molecule has 0 bridgehead atoms. The predicted molar refractivity (Wildman–Crippen MR) is 82.0 cm³/mol. The monoisotopic (exact) mass is 313 g/mol. The molecular formula is C18H13F2NO2. The maximum atomic E-state index is 13.4. The molecule has 0 fully saturated rings. The Labute approximate surface area is 132 Å². The Morgan fingerprint density at radius 3 is 2.22 bits per heavy atom. The minimum absolute atomic E-state index is 0.0383. The second kappa shape index (κ2) is 7.32. The molecule has 3 nitrogen and oxygen atoms in total. The number of halogens is 2. The Morgan fingerprint density at radius 1 is 1.04 bits per heavy atom. The molecule has 0 saturated heterocycles. The number of carbonyl (C=O) groups is 2. The van der Waals surface area contributed by atoms with Crippen LogP contribution in [-0.4, -0.2) is 18.2 Å². The summed E-state index contributed by atoms with van der Waals surface area (Å²) in [5.41, 5.74) is 0.625. The smallest absolute Gasteiger partial charge is 0.258 e. The lowest BCUT2D eigenvalue weighted by Crippen LogP contribution is -2.25. The molecule has 0 aliphatic carbocycles. The van der Waals surface area contributed by atoms with Crippen molar-refractivity contribution in [1.82, 2.24) is 5.32 Å². The molecule has 23 heavy (non-hydrogen) atoms. The van der Waals surface area contributed by atoms with Crippen LogP contribution in [0.5, 0.6) is 0 Å². The highest BCUT2D eigenvalue weighted by Gasteiger charge is 2.15. The number of Topliss-reactive ketones (excluding diaryl/α,β-unsaturated/α-hetero) is 1. The standard InChI is InChI=1S/C18H13F2NO2/c1-12(22)14-9-7-13(8-10-14)4-3-11-21-18(23)17-15(19)5-2-6-16(17)20/h2,5-10H,11H2,1H3,(H,21,23). The summed E-state index contributed by atoms with van der Waals surface area (Å²) < 4.78 is 26.8. The van der Waals surface area contributed by atoms with Crippen molar-refractivity contribution in [1.29, 1.82) is 0 Å². The average molecular weight is 313 g/mol. The second-order valence-corrected chi connectivity index (χ2v) is 4.71. The molecule has 2 aromatic carbocycles. The van der Waals surface area contributed by atoms with Crippen molar-refractivity contribution in [3.63, 3.8) is 0 Å². The van der Waals surface area contributed by atoms with Gasteiger partial charge in [-0.25, -0.2) is 8.78 Å². The highest BCUT2D eigenvalue weighted by atomic mass is 19.1. The number of nitrogens with one attached hydrogen (secondary N) is 1. The Hall–Kier alpha value is -3.00. The molecule has 116 valence electrons. The first-order valence-electron chi connectivity index (χ1n) is 6.81. The van der Waals surface area contributed by atoms with Crippen LogP contribution in [0.25, 0.3) is 0 Å². The van der Waals surface area contributed by atoms with E-state index in [1.54, 1.807) is 24.3 Å². The fraction of sp³-hybridized carbons (Fsp3) is 0.111. The molecule has 0 aliphatic heterocycles. The van der Waals surface area contributed by atoms with E-state index < -0.39 is 23.1 Å². The Morgan fingerprint density at radius 2 is 1.65 bits per heavy atom. The third-order valence-electron chi connectivity index (χ3n) is 3.05. The van der Waals surface area contributed by atoms with Gasteiger partial charge < -0.3 is 5.32 Å². The van der Waals surface area contributed by atoms with Gasteiger partial charge in [-0.05, 0) is 31.2 Å². The van der Waals surface area contributed by atoms with Gasteiger partial charge in [-0.15, -0.1) is 0 Å². The van der Waals surface area contributed by atoms with Crippen LogP contribution in [0.4, 0.5) is 8.78 Å². The molecule has 0 radical (unpaired) electrons. The fourth-order valence-corrected chi connectivity index (χ4v) is 1.86. The molecule has 1 N–H and O–H groups in total. The van der Waals surface area contributed by atoms with Gasteiger partial charge >= 0.3 is 0 Å². The maximum absolute atomic E-state index is 13.4. The van der Waals surface area contributed by atoms with Gasteiger partial charge in [-0.1, -0.05) is 30.0 Å². The lowest BCUT2D eigenvalue weighted by molar-refractivity contribution is 0.0949. The third kappa shape index (κ3) is 4.24. The van der Waals surface area contributed by atoms with Gasteiger partial charge in [-0.3, -0.25) is 9.59 Å². The van der Waals surface area contributed by atoms with Crippen LogP contribution in [0, 0.1) is 23.5 Å². The fourth-order valence-electron chi connectivity index (χ4n) is 1.86. The van der Waals surface area contributed by atoms with Crippen LogP contribution in [0.2, 0.25) is 0 Å². The number of hydrogen-bond donors (Lipinski definition) is 1. The Bertz CT molecular complexity index is 782. The number of benzene rings is 2. The average Bonchev–Trinajstić information content (AvgIpc) is 2.52. The molecule has 0 aliphatic rings. The van der Waals surface area contributed by atoms with Crippen molar-refractivity contribution < 1.29 is 18.4 Å². The van der Waals surface area contributed by atoms with Crippen molar-refractivity contribution in [2.75, 3.05) is 6.54 Å². The lowest BCUT2D eigenvalue weighted by atomic mass is 10.1. The summed E-state index contributed by atoms with van der Waals surface area (Å²) in [6.45, 7) is 1.42. The molecule has 2 rings (SSSR count). The van der Waals surface area contributed by atoms with Gasteiger partial charge in [0.05, 0.1) is 6.54 Å². The SMILES string of the molecule is CC(=O)c1ccc(C#CCNC(=O)c2c(F)cccc2F)cc1. The number of rotatable bonds is 3. The van der Waals surface area contributed by atoms with E-state index in [9.17, 15) is 18.4 Å². The molecule has 0 spiro atoms. The number of hydrogen-bond acceptors (Lipinski definition) is 2. The normalized spacial score (nSPS) is 9.70. The van der Waals surface area contributed by atoms with Crippen LogP contribution in [0.3, 0.4) is 0 Å². The van der Waals surface area contributed by atoms with E-state index in [4.69, 9.17) is 0 Å². The van der Waals surface area contributed by atoms with Gasteiger partial charge in [0.1, 0.15) is 17.2 Å². The molecule has 0 heterocycles. The summed E-state index contributed by atoms with van der Waals surface area (Å²) in [4.78, 5) is 22.9. The van der Waals surface area contributed by atoms with Crippen LogP contribution in [0.15, 0.2) is 42.5 Å². The van der Waals surface area contributed by atoms with E-state index in [1.807, 2.05) is 0 Å². The first kappa shape index (κ1) is 16.4.